The number of carbonyl (C=O) groups excluding carboxylic acids is 2. The monoisotopic (exact) mass is 380 g/mol. The summed E-state index contributed by atoms with van der Waals surface area (Å²) in [5.74, 6) is -0.298. The Morgan fingerprint density at radius 2 is 2.00 bits per heavy atom. The number of fused-ring (bicyclic) bond motifs is 1. The van der Waals surface area contributed by atoms with Crippen LogP contribution in [0.3, 0.4) is 0 Å². The fourth-order valence-corrected chi connectivity index (χ4v) is 3.96. The van der Waals surface area contributed by atoms with Crippen LogP contribution in [0, 0.1) is 5.92 Å². The van der Waals surface area contributed by atoms with Gasteiger partial charge in [-0.1, -0.05) is 18.2 Å². The van der Waals surface area contributed by atoms with Crippen LogP contribution in [0.15, 0.2) is 54.0 Å². The van der Waals surface area contributed by atoms with Crippen molar-refractivity contribution in [2.45, 2.75) is 12.8 Å². The lowest BCUT2D eigenvalue weighted by atomic mass is 9.97. The van der Waals surface area contributed by atoms with Gasteiger partial charge < -0.3 is 10.2 Å². The number of piperidine rings is 1. The molecule has 3 amide bonds. The lowest BCUT2D eigenvalue weighted by Crippen LogP contribution is -2.45. The molecular formula is C20H20N4O2S. The maximum absolute atomic E-state index is 12.8. The molecule has 1 aliphatic heterocycles. The topological polar surface area (TPSA) is 74.3 Å². The van der Waals surface area contributed by atoms with E-state index >= 15 is 0 Å². The molecule has 0 aliphatic carbocycles. The molecule has 1 unspecified atom stereocenters. The van der Waals surface area contributed by atoms with Crippen LogP contribution in [0.1, 0.15) is 12.8 Å². The van der Waals surface area contributed by atoms with Crippen LogP contribution in [0.4, 0.5) is 15.5 Å². The zero-order valence-corrected chi connectivity index (χ0v) is 15.5. The molecule has 1 aromatic carbocycles. The van der Waals surface area contributed by atoms with E-state index in [1.807, 2.05) is 47.8 Å². The summed E-state index contributed by atoms with van der Waals surface area (Å²) < 4.78 is 0. The van der Waals surface area contributed by atoms with Crippen molar-refractivity contribution in [3.63, 3.8) is 0 Å². The SMILES string of the molecule is O=C(Nc1cccc2cccnc12)C1CCCN(C(=O)Nc2cccs2)C1. The van der Waals surface area contributed by atoms with E-state index in [2.05, 4.69) is 15.6 Å². The minimum atomic E-state index is -0.230. The molecule has 2 aromatic heterocycles. The largest absolute Gasteiger partial charge is 0.324 e. The first kappa shape index (κ1) is 17.5. The molecule has 7 heteroatoms. The number of likely N-dealkylation sites (tertiary alicyclic amines) is 1. The summed E-state index contributed by atoms with van der Waals surface area (Å²) in [4.78, 5) is 31.3. The zero-order chi connectivity index (χ0) is 18.6. The second-order valence-corrected chi connectivity index (χ2v) is 7.51. The van der Waals surface area contributed by atoms with Gasteiger partial charge in [-0.2, -0.15) is 0 Å². The molecule has 1 saturated heterocycles. The van der Waals surface area contributed by atoms with E-state index in [4.69, 9.17) is 0 Å². The van der Waals surface area contributed by atoms with Crippen LogP contribution in [-0.2, 0) is 4.79 Å². The number of carbonyl (C=O) groups is 2. The molecule has 0 saturated carbocycles. The van der Waals surface area contributed by atoms with Crippen LogP contribution >= 0.6 is 11.3 Å². The van der Waals surface area contributed by atoms with E-state index < -0.39 is 0 Å². The lowest BCUT2D eigenvalue weighted by Gasteiger charge is -2.32. The van der Waals surface area contributed by atoms with Crippen LogP contribution in [-0.4, -0.2) is 34.9 Å². The van der Waals surface area contributed by atoms with Gasteiger partial charge in [0.25, 0.3) is 0 Å². The number of pyridine rings is 1. The molecule has 2 N–H and O–H groups in total. The summed E-state index contributed by atoms with van der Waals surface area (Å²) in [6.45, 7) is 1.08. The highest BCUT2D eigenvalue weighted by atomic mass is 32.1. The Labute approximate surface area is 161 Å². The Balaban J connectivity index is 1.43. The van der Waals surface area contributed by atoms with Crippen molar-refractivity contribution in [3.8, 4) is 0 Å². The smallest absolute Gasteiger partial charge is 0.322 e. The molecule has 3 heterocycles. The second kappa shape index (κ2) is 7.75. The van der Waals surface area contributed by atoms with E-state index in [1.54, 1.807) is 11.1 Å². The molecule has 4 rings (SSSR count). The average molecular weight is 380 g/mol. The Morgan fingerprint density at radius 1 is 1.11 bits per heavy atom. The summed E-state index contributed by atoms with van der Waals surface area (Å²) >= 11 is 1.48. The number of hydrogen-bond donors (Lipinski definition) is 2. The highest BCUT2D eigenvalue weighted by molar-refractivity contribution is 7.14. The zero-order valence-electron chi connectivity index (χ0n) is 14.7. The van der Waals surface area contributed by atoms with Gasteiger partial charge in [0.05, 0.1) is 22.1 Å². The van der Waals surface area contributed by atoms with Gasteiger partial charge in [0.1, 0.15) is 0 Å². The molecule has 0 bridgehead atoms. The number of anilines is 2. The van der Waals surface area contributed by atoms with E-state index in [1.165, 1.54) is 11.3 Å². The van der Waals surface area contributed by atoms with E-state index in [-0.39, 0.29) is 17.9 Å². The fraction of sp³-hybridized carbons (Fsp3) is 0.250. The predicted molar refractivity (Wildman–Crippen MR) is 108 cm³/mol. The highest BCUT2D eigenvalue weighted by Crippen LogP contribution is 2.24. The molecule has 138 valence electrons. The van der Waals surface area contributed by atoms with Crippen molar-refractivity contribution in [1.29, 1.82) is 0 Å². The first-order valence-electron chi connectivity index (χ1n) is 8.95. The van der Waals surface area contributed by atoms with Crippen molar-refractivity contribution in [2.75, 3.05) is 23.7 Å². The molecule has 1 aliphatic rings. The van der Waals surface area contributed by atoms with Gasteiger partial charge in [0.15, 0.2) is 0 Å². The van der Waals surface area contributed by atoms with E-state index in [0.717, 1.165) is 28.7 Å². The molecule has 0 radical (unpaired) electrons. The molecule has 0 spiro atoms. The Hall–Kier alpha value is -2.93. The fourth-order valence-electron chi connectivity index (χ4n) is 3.35. The van der Waals surface area contributed by atoms with Crippen molar-refractivity contribution >= 4 is 44.9 Å². The van der Waals surface area contributed by atoms with Crippen LogP contribution in [0.2, 0.25) is 0 Å². The number of nitrogens with one attached hydrogen (secondary N) is 2. The third-order valence-electron chi connectivity index (χ3n) is 4.72. The van der Waals surface area contributed by atoms with Gasteiger partial charge in [-0.3, -0.25) is 15.1 Å². The van der Waals surface area contributed by atoms with Crippen LogP contribution in [0.5, 0.6) is 0 Å². The Bertz CT molecular complexity index is 952. The van der Waals surface area contributed by atoms with Gasteiger partial charge >= 0.3 is 6.03 Å². The van der Waals surface area contributed by atoms with Crippen molar-refractivity contribution in [2.24, 2.45) is 5.92 Å². The summed E-state index contributed by atoms with van der Waals surface area (Å²) in [6.07, 6.45) is 3.30. The number of para-hydroxylation sites is 1. The molecule has 1 atom stereocenters. The first-order chi connectivity index (χ1) is 13.2. The van der Waals surface area contributed by atoms with Gasteiger partial charge in [0, 0.05) is 24.7 Å². The number of thiophene rings is 1. The second-order valence-electron chi connectivity index (χ2n) is 6.56. The number of rotatable bonds is 3. The summed E-state index contributed by atoms with van der Waals surface area (Å²) in [5, 5.41) is 9.60. The molecular weight excluding hydrogens is 360 g/mol. The maximum Gasteiger partial charge on any atom is 0.322 e. The van der Waals surface area contributed by atoms with Crippen LogP contribution in [0.25, 0.3) is 10.9 Å². The summed E-state index contributed by atoms with van der Waals surface area (Å²) in [5.41, 5.74) is 1.48. The third kappa shape index (κ3) is 3.93. The van der Waals surface area contributed by atoms with E-state index in [0.29, 0.717) is 18.8 Å². The average Bonchev–Trinajstić information content (AvgIpc) is 3.21. The molecule has 6 nitrogen and oxygen atoms in total. The predicted octanol–water partition coefficient (Wildman–Crippen LogP) is 4.18. The first-order valence-corrected chi connectivity index (χ1v) is 9.83. The summed E-state index contributed by atoms with van der Waals surface area (Å²) in [6, 6.07) is 13.2. The normalized spacial score (nSPS) is 16.9. The van der Waals surface area contributed by atoms with Gasteiger partial charge in [-0.05, 0) is 42.5 Å². The highest BCUT2D eigenvalue weighted by Gasteiger charge is 2.29. The van der Waals surface area contributed by atoms with Gasteiger partial charge in [-0.15, -0.1) is 11.3 Å². The quantitative estimate of drug-likeness (QED) is 0.716. The Morgan fingerprint density at radius 3 is 2.85 bits per heavy atom. The number of benzene rings is 1. The summed E-state index contributed by atoms with van der Waals surface area (Å²) in [7, 11) is 0. The van der Waals surface area contributed by atoms with E-state index in [9.17, 15) is 9.59 Å². The number of nitrogens with zero attached hydrogens (tertiary/aromatic N) is 2. The lowest BCUT2D eigenvalue weighted by molar-refractivity contribution is -0.121. The molecule has 27 heavy (non-hydrogen) atoms. The minimum absolute atomic E-state index is 0.0678. The number of urea groups is 1. The standard InChI is InChI=1S/C20H20N4O2S/c25-19(22-16-8-1-5-14-6-2-10-21-18(14)16)15-7-3-11-24(13-15)20(26)23-17-9-4-12-27-17/h1-2,4-6,8-10,12,15H,3,7,11,13H2,(H,22,25)(H,23,26). The number of hydrogen-bond acceptors (Lipinski definition) is 4. The Kier molecular flexibility index (Phi) is 5.02. The van der Waals surface area contributed by atoms with Gasteiger partial charge in [0.2, 0.25) is 5.91 Å². The minimum Gasteiger partial charge on any atom is -0.324 e. The number of aromatic nitrogens is 1. The third-order valence-corrected chi connectivity index (χ3v) is 5.51. The molecule has 3 aromatic rings. The van der Waals surface area contributed by atoms with Crippen molar-refractivity contribution < 1.29 is 9.59 Å². The number of amides is 3. The maximum atomic E-state index is 12.8. The van der Waals surface area contributed by atoms with Crippen LogP contribution < -0.4 is 10.6 Å². The van der Waals surface area contributed by atoms with Gasteiger partial charge in [-0.25, -0.2) is 4.79 Å². The van der Waals surface area contributed by atoms with Crippen molar-refractivity contribution in [1.82, 2.24) is 9.88 Å². The van der Waals surface area contributed by atoms with Crippen molar-refractivity contribution in [3.05, 3.63) is 54.0 Å². The molecule has 1 fully saturated rings.